The Morgan fingerprint density at radius 2 is 2.50 bits per heavy atom. The van der Waals surface area contributed by atoms with Crippen molar-refractivity contribution in [2.24, 2.45) is 10.3 Å². The fourth-order valence-electron chi connectivity index (χ4n) is 0.298. The minimum absolute atomic E-state index is 0. The second kappa shape index (κ2) is 2.90. The van der Waals surface area contributed by atoms with Gasteiger partial charge in [0, 0.05) is 0 Å². The molecule has 44 valence electrons. The fourth-order valence-corrected chi connectivity index (χ4v) is 0.298. The Bertz CT molecular complexity index is 147. The molecule has 0 bridgehead atoms. The first-order valence-corrected chi connectivity index (χ1v) is 1.81. The molecule has 1 heterocycles. The number of rotatable bonds is 0. The second-order valence-corrected chi connectivity index (χ2v) is 1.08. The molecule has 0 radical (unpaired) electrons. The van der Waals surface area contributed by atoms with Crippen LogP contribution >= 0.6 is 0 Å². The average Bonchev–Trinajstić information content (AvgIpc) is 2.14. The van der Waals surface area contributed by atoms with Gasteiger partial charge in [0.2, 0.25) is 0 Å². The zero-order chi connectivity index (χ0) is 5.11. The Morgan fingerprint density at radius 3 is 2.75 bits per heavy atom. The minimum atomic E-state index is 0. The molecule has 0 unspecified atom stereocenters. The van der Waals surface area contributed by atoms with Gasteiger partial charge in [-0.3, -0.25) is 5.43 Å². The highest BCUT2D eigenvalue weighted by molar-refractivity contribution is 5.52. The van der Waals surface area contributed by atoms with E-state index in [2.05, 4.69) is 15.8 Å². The van der Waals surface area contributed by atoms with Gasteiger partial charge in [0.1, 0.15) is 0 Å². The van der Waals surface area contributed by atoms with Gasteiger partial charge in [0.15, 0.2) is 11.6 Å². The molecule has 0 aromatic carbocycles. The van der Waals surface area contributed by atoms with Crippen LogP contribution in [0.1, 0.15) is 0 Å². The molecule has 0 aromatic rings. The van der Waals surface area contributed by atoms with E-state index in [0.717, 1.165) is 0 Å². The Balaban J connectivity index is 0.000000490. The molecule has 3 N–H and O–H groups in total. The van der Waals surface area contributed by atoms with Crippen molar-refractivity contribution in [1.29, 1.82) is 0 Å². The number of nitrogens with one attached hydrogen (secondary N) is 1. The van der Waals surface area contributed by atoms with Crippen LogP contribution in [-0.2, 0) is 4.79 Å². The van der Waals surface area contributed by atoms with Gasteiger partial charge in [-0.25, -0.2) is 4.79 Å². The summed E-state index contributed by atoms with van der Waals surface area (Å²) in [5.74, 6) is 1.61. The normalized spacial score (nSPS) is 14.2. The van der Waals surface area contributed by atoms with Crippen molar-refractivity contribution in [3.63, 3.8) is 0 Å². The predicted molar refractivity (Wildman–Crippen MR) is 25.7 cm³/mol. The maximum atomic E-state index is 9.65. The van der Waals surface area contributed by atoms with E-state index in [1.807, 2.05) is 0 Å². The molecule has 1 aliphatic rings. The van der Waals surface area contributed by atoms with Crippen molar-refractivity contribution in [2.45, 2.75) is 0 Å². The molecule has 1 rings (SSSR count). The molecule has 0 spiro atoms. The first-order chi connectivity index (χ1) is 3.43. The Labute approximate surface area is 45.4 Å². The lowest BCUT2D eigenvalue weighted by Gasteiger charge is -1.74. The van der Waals surface area contributed by atoms with E-state index in [4.69, 9.17) is 0 Å². The highest BCUT2D eigenvalue weighted by Gasteiger charge is 1.98. The molecule has 8 heavy (non-hydrogen) atoms. The van der Waals surface area contributed by atoms with Gasteiger partial charge in [0.05, 0.1) is 6.54 Å². The number of hydrogen-bond acceptors (Lipinski definition) is 4. The molecule has 0 saturated carbocycles. The number of nitrogens with zero attached hydrogens (tertiary/aromatic N) is 2. The zero-order valence-corrected chi connectivity index (χ0v) is 4.01. The Kier molecular flexibility index (Phi) is 2.47. The van der Waals surface area contributed by atoms with Gasteiger partial charge in [-0.2, -0.15) is 0 Å². The third-order valence-corrected chi connectivity index (χ3v) is 0.606. The van der Waals surface area contributed by atoms with Crippen LogP contribution in [0.25, 0.3) is 0 Å². The largest absolute Gasteiger partial charge is 0.412 e. The van der Waals surface area contributed by atoms with Crippen LogP contribution in [0.15, 0.2) is 16.0 Å². The van der Waals surface area contributed by atoms with Gasteiger partial charge < -0.3 is 5.48 Å². The van der Waals surface area contributed by atoms with Crippen molar-refractivity contribution in [3.05, 3.63) is 5.70 Å². The quantitative estimate of drug-likeness (QED) is 0.404. The van der Waals surface area contributed by atoms with Gasteiger partial charge in [-0.05, 0) is 0 Å². The zero-order valence-electron chi connectivity index (χ0n) is 4.01. The maximum Gasteiger partial charge on any atom is 0.169 e. The SMILES string of the molecule is O.O=C=C1CNN=N1. The summed E-state index contributed by atoms with van der Waals surface area (Å²) in [7, 11) is 0. The van der Waals surface area contributed by atoms with Crippen LogP contribution in [0, 0.1) is 0 Å². The highest BCUT2D eigenvalue weighted by atomic mass is 16.1. The Morgan fingerprint density at radius 1 is 1.75 bits per heavy atom. The van der Waals surface area contributed by atoms with E-state index >= 15 is 0 Å². The molecule has 0 fully saturated rings. The van der Waals surface area contributed by atoms with Gasteiger partial charge in [-0.15, -0.1) is 5.11 Å². The Hall–Kier alpha value is -1.19. The van der Waals surface area contributed by atoms with E-state index in [1.165, 1.54) is 0 Å². The molecule has 0 atom stereocenters. The van der Waals surface area contributed by atoms with Crippen molar-refractivity contribution >= 4 is 5.94 Å². The minimum Gasteiger partial charge on any atom is -0.412 e. The smallest absolute Gasteiger partial charge is 0.169 e. The van der Waals surface area contributed by atoms with Crippen molar-refractivity contribution in [1.82, 2.24) is 5.43 Å². The molecule has 0 saturated heterocycles. The molecule has 5 heteroatoms. The topological polar surface area (TPSA) is 85.3 Å². The monoisotopic (exact) mass is 115 g/mol. The third kappa shape index (κ3) is 1.14. The first-order valence-electron chi connectivity index (χ1n) is 1.81. The summed E-state index contributed by atoms with van der Waals surface area (Å²) in [6.07, 6.45) is 0. The highest BCUT2D eigenvalue weighted by Crippen LogP contribution is 1.94. The van der Waals surface area contributed by atoms with Crippen LogP contribution in [0.5, 0.6) is 0 Å². The summed E-state index contributed by atoms with van der Waals surface area (Å²) in [6, 6.07) is 0. The molecule has 0 aromatic heterocycles. The van der Waals surface area contributed by atoms with Crippen LogP contribution < -0.4 is 5.43 Å². The van der Waals surface area contributed by atoms with E-state index < -0.39 is 0 Å². The second-order valence-electron chi connectivity index (χ2n) is 1.08. The van der Waals surface area contributed by atoms with Crippen LogP contribution in [0.4, 0.5) is 0 Å². The maximum absolute atomic E-state index is 9.65. The van der Waals surface area contributed by atoms with E-state index in [0.29, 0.717) is 12.2 Å². The molecule has 0 amide bonds. The summed E-state index contributed by atoms with van der Waals surface area (Å²) < 4.78 is 0. The van der Waals surface area contributed by atoms with Gasteiger partial charge in [0.25, 0.3) is 0 Å². The van der Waals surface area contributed by atoms with Crippen molar-refractivity contribution in [3.8, 4) is 0 Å². The van der Waals surface area contributed by atoms with Crippen LogP contribution in [0.2, 0.25) is 0 Å². The predicted octanol–water partition coefficient (Wildman–Crippen LogP) is -1.15. The van der Waals surface area contributed by atoms with Crippen molar-refractivity contribution < 1.29 is 10.3 Å². The standard InChI is InChI=1S/C3H3N3O.H2O/c7-2-3-1-4-6-5-3;/h1H2,(H,4,5);1H2. The summed E-state index contributed by atoms with van der Waals surface area (Å²) >= 11 is 0. The molecule has 0 aliphatic carbocycles. The summed E-state index contributed by atoms with van der Waals surface area (Å²) in [6.45, 7) is 0.420. The molecule has 5 nitrogen and oxygen atoms in total. The lowest BCUT2D eigenvalue weighted by Crippen LogP contribution is -1.99. The lowest BCUT2D eigenvalue weighted by molar-refractivity contribution is 0.566. The first kappa shape index (κ1) is 6.81. The average molecular weight is 115 g/mol. The number of carbonyl (C=O) groups excluding carboxylic acids is 1. The summed E-state index contributed by atoms with van der Waals surface area (Å²) in [5.41, 5.74) is 2.82. The molecule has 1 aliphatic heterocycles. The van der Waals surface area contributed by atoms with E-state index in [-0.39, 0.29) is 5.48 Å². The third-order valence-electron chi connectivity index (χ3n) is 0.606. The molecular formula is C3H5N3O2. The summed E-state index contributed by atoms with van der Waals surface area (Å²) in [4.78, 5) is 9.65. The van der Waals surface area contributed by atoms with E-state index in [1.54, 1.807) is 5.94 Å². The van der Waals surface area contributed by atoms with Gasteiger partial charge >= 0.3 is 0 Å². The molecular weight excluding hydrogens is 110 g/mol. The van der Waals surface area contributed by atoms with Crippen LogP contribution in [-0.4, -0.2) is 18.0 Å². The summed E-state index contributed by atoms with van der Waals surface area (Å²) in [5, 5.41) is 6.67. The van der Waals surface area contributed by atoms with Crippen LogP contribution in [0.3, 0.4) is 0 Å². The van der Waals surface area contributed by atoms with Gasteiger partial charge in [-0.1, -0.05) is 5.22 Å². The number of hydrogen-bond donors (Lipinski definition) is 1. The lowest BCUT2D eigenvalue weighted by atomic mass is 10.5. The van der Waals surface area contributed by atoms with E-state index in [9.17, 15) is 4.79 Å². The van der Waals surface area contributed by atoms with Crippen molar-refractivity contribution in [2.75, 3.05) is 6.54 Å². The fraction of sp³-hybridized carbons (Fsp3) is 0.333.